The zero-order valence-electron chi connectivity index (χ0n) is 10.2. The van der Waals surface area contributed by atoms with Crippen molar-refractivity contribution in [3.63, 3.8) is 0 Å². The van der Waals surface area contributed by atoms with Gasteiger partial charge in [-0.25, -0.2) is 0 Å². The largest absolute Gasteiger partial charge is 0.492 e. The number of Topliss-reactive ketones (excluding diaryl/α,β-unsaturated/α-hetero) is 1. The maximum Gasteiger partial charge on any atom is 0.177 e. The molecule has 1 fully saturated rings. The van der Waals surface area contributed by atoms with Crippen molar-refractivity contribution in [1.29, 1.82) is 0 Å². The Morgan fingerprint density at radius 1 is 1.44 bits per heavy atom. The van der Waals surface area contributed by atoms with Crippen molar-refractivity contribution in [3.8, 4) is 5.75 Å². The molecule has 2 heterocycles. The lowest BCUT2D eigenvalue weighted by atomic mass is 10.3. The van der Waals surface area contributed by atoms with Crippen LogP contribution < -0.4 is 15.4 Å². The van der Waals surface area contributed by atoms with Gasteiger partial charge < -0.3 is 25.6 Å². The summed E-state index contributed by atoms with van der Waals surface area (Å²) in [5.41, 5.74) is 6.19. The van der Waals surface area contributed by atoms with Crippen LogP contribution in [-0.4, -0.2) is 48.4 Å². The molecule has 0 saturated carbocycles. The molecule has 1 aliphatic rings. The Morgan fingerprint density at radius 2 is 2.00 bits per heavy atom. The molecule has 7 heteroatoms. The Balaban J connectivity index is 2.39. The predicted molar refractivity (Wildman–Crippen MR) is 69.5 cm³/mol. The monoisotopic (exact) mass is 272 g/mol. The van der Waals surface area contributed by atoms with Crippen LogP contribution in [0.5, 0.6) is 5.75 Å². The van der Waals surface area contributed by atoms with Crippen molar-refractivity contribution in [1.82, 2.24) is 0 Å². The lowest BCUT2D eigenvalue weighted by molar-refractivity contribution is 0.0572. The summed E-state index contributed by atoms with van der Waals surface area (Å²) in [5, 5.41) is 19.8. The highest BCUT2D eigenvalue weighted by molar-refractivity contribution is 7.19. The van der Waals surface area contributed by atoms with E-state index >= 15 is 0 Å². The number of nitrogens with two attached hydrogens (primary N) is 1. The quantitative estimate of drug-likeness (QED) is 0.675. The molecule has 2 unspecified atom stereocenters. The van der Waals surface area contributed by atoms with Crippen molar-refractivity contribution in [3.05, 3.63) is 4.88 Å². The lowest BCUT2D eigenvalue weighted by Gasteiger charge is -2.16. The number of aliphatic hydroxyl groups is 2. The summed E-state index contributed by atoms with van der Waals surface area (Å²) in [4.78, 5) is 13.7. The number of ether oxygens (including phenoxy) is 1. The van der Waals surface area contributed by atoms with Gasteiger partial charge in [-0.1, -0.05) is 0 Å². The summed E-state index contributed by atoms with van der Waals surface area (Å²) in [5.74, 6) is 0.314. The highest BCUT2D eigenvalue weighted by Gasteiger charge is 2.33. The van der Waals surface area contributed by atoms with E-state index in [2.05, 4.69) is 0 Å². The van der Waals surface area contributed by atoms with Crippen LogP contribution in [0.2, 0.25) is 0 Å². The molecule has 1 aromatic rings. The third kappa shape index (κ3) is 2.05. The van der Waals surface area contributed by atoms with Gasteiger partial charge in [-0.2, -0.15) is 0 Å². The maximum atomic E-state index is 11.4. The van der Waals surface area contributed by atoms with E-state index in [1.165, 1.54) is 25.4 Å². The normalized spacial score (nSPS) is 23.4. The van der Waals surface area contributed by atoms with Gasteiger partial charge in [0.15, 0.2) is 11.5 Å². The van der Waals surface area contributed by atoms with E-state index in [4.69, 9.17) is 10.5 Å². The van der Waals surface area contributed by atoms with Crippen molar-refractivity contribution in [2.24, 2.45) is 0 Å². The second-order valence-electron chi connectivity index (χ2n) is 4.28. The molecule has 0 spiro atoms. The van der Waals surface area contributed by atoms with Crippen molar-refractivity contribution in [2.75, 3.05) is 30.8 Å². The Kier molecular flexibility index (Phi) is 3.47. The summed E-state index contributed by atoms with van der Waals surface area (Å²) in [6.45, 7) is 2.04. The maximum absolute atomic E-state index is 11.4. The van der Waals surface area contributed by atoms with E-state index in [1.54, 1.807) is 4.90 Å². The molecule has 0 bridgehead atoms. The fraction of sp³-hybridized carbons (Fsp3) is 0.545. The number of ketones is 1. The first-order chi connectivity index (χ1) is 8.45. The minimum absolute atomic E-state index is 0.123. The fourth-order valence-corrected chi connectivity index (χ4v) is 3.12. The van der Waals surface area contributed by atoms with Crippen LogP contribution in [-0.2, 0) is 0 Å². The minimum Gasteiger partial charge on any atom is -0.492 e. The number of carbonyl (C=O) groups is 1. The molecule has 0 aromatic carbocycles. The number of anilines is 2. The highest BCUT2D eigenvalue weighted by atomic mass is 32.1. The Bertz CT molecular complexity index is 464. The van der Waals surface area contributed by atoms with Crippen LogP contribution >= 0.6 is 11.3 Å². The van der Waals surface area contributed by atoms with E-state index in [1.807, 2.05) is 0 Å². The molecule has 100 valence electrons. The lowest BCUT2D eigenvalue weighted by Crippen LogP contribution is -2.22. The first-order valence-corrected chi connectivity index (χ1v) is 6.35. The number of hydrogen-bond acceptors (Lipinski definition) is 7. The third-order valence-electron chi connectivity index (χ3n) is 2.95. The van der Waals surface area contributed by atoms with Crippen molar-refractivity contribution in [2.45, 2.75) is 19.1 Å². The average molecular weight is 272 g/mol. The first-order valence-electron chi connectivity index (χ1n) is 5.54. The smallest absolute Gasteiger partial charge is 0.177 e. The number of thiophene rings is 1. The zero-order chi connectivity index (χ0) is 13.4. The van der Waals surface area contributed by atoms with Crippen LogP contribution in [0, 0.1) is 0 Å². The molecule has 0 amide bonds. The number of rotatable bonds is 3. The van der Waals surface area contributed by atoms with Gasteiger partial charge in [0.1, 0.15) is 5.00 Å². The van der Waals surface area contributed by atoms with Crippen molar-refractivity contribution >= 4 is 27.8 Å². The molecule has 2 rings (SSSR count). The van der Waals surface area contributed by atoms with Crippen LogP contribution in [0.25, 0.3) is 0 Å². The third-order valence-corrected chi connectivity index (χ3v) is 4.30. The van der Waals surface area contributed by atoms with Gasteiger partial charge in [0.05, 0.1) is 29.9 Å². The molecule has 1 aromatic heterocycles. The SMILES string of the molecule is COc1c(N2CC(O)C(O)C2)sc(C(C)=O)c1N. The van der Waals surface area contributed by atoms with Crippen LogP contribution in [0.1, 0.15) is 16.6 Å². The summed E-state index contributed by atoms with van der Waals surface area (Å²) in [6.07, 6.45) is -1.59. The standard InChI is InChI=1S/C11H16N2O4S/c1-5(14)10-8(12)9(17-2)11(18-10)13-3-6(15)7(16)4-13/h6-7,15-16H,3-4,12H2,1-2H3. The number of nitrogen functional groups attached to an aromatic ring is 1. The zero-order valence-corrected chi connectivity index (χ0v) is 11.0. The molecule has 2 atom stereocenters. The van der Waals surface area contributed by atoms with Gasteiger partial charge >= 0.3 is 0 Å². The number of hydrogen-bond donors (Lipinski definition) is 3. The van der Waals surface area contributed by atoms with Gasteiger partial charge in [-0.15, -0.1) is 11.3 Å². The average Bonchev–Trinajstić information content (AvgIpc) is 2.80. The predicted octanol–water partition coefficient (Wildman–Crippen LogP) is 0.0833. The molecule has 4 N–H and O–H groups in total. The number of carbonyl (C=O) groups excluding carboxylic acids is 1. The van der Waals surface area contributed by atoms with Gasteiger partial charge in [0.2, 0.25) is 0 Å². The number of aliphatic hydroxyl groups excluding tert-OH is 2. The van der Waals surface area contributed by atoms with E-state index in [0.29, 0.717) is 34.4 Å². The van der Waals surface area contributed by atoms with Crippen LogP contribution in [0.4, 0.5) is 10.7 Å². The van der Waals surface area contributed by atoms with E-state index in [9.17, 15) is 15.0 Å². The summed E-state index contributed by atoms with van der Waals surface area (Å²) < 4.78 is 5.22. The Hall–Kier alpha value is -1.31. The molecular formula is C11H16N2O4S. The van der Waals surface area contributed by atoms with Crippen molar-refractivity contribution < 1.29 is 19.7 Å². The highest BCUT2D eigenvalue weighted by Crippen LogP contribution is 2.45. The number of β-amino-alcohol motifs (C(OH)–C–C–N with tert-alkyl or cyclic N) is 2. The van der Waals surface area contributed by atoms with Crippen LogP contribution in [0.3, 0.4) is 0 Å². The summed E-state index contributed by atoms with van der Waals surface area (Å²) >= 11 is 1.22. The first kappa shape index (κ1) is 13.1. The summed E-state index contributed by atoms with van der Waals surface area (Å²) in [6, 6.07) is 0. The van der Waals surface area contributed by atoms with E-state index in [0.717, 1.165) is 0 Å². The molecule has 6 nitrogen and oxygen atoms in total. The van der Waals surface area contributed by atoms with Crippen LogP contribution in [0.15, 0.2) is 0 Å². The van der Waals surface area contributed by atoms with E-state index in [-0.39, 0.29) is 5.78 Å². The topological polar surface area (TPSA) is 96.0 Å². The minimum atomic E-state index is -0.793. The number of nitrogens with zero attached hydrogens (tertiary/aromatic N) is 1. The fourth-order valence-electron chi connectivity index (χ4n) is 2.02. The van der Waals surface area contributed by atoms with Gasteiger partial charge in [-0.05, 0) is 0 Å². The van der Waals surface area contributed by atoms with Gasteiger partial charge in [0.25, 0.3) is 0 Å². The second kappa shape index (κ2) is 4.75. The summed E-state index contributed by atoms with van der Waals surface area (Å²) in [7, 11) is 1.48. The Morgan fingerprint density at radius 3 is 2.44 bits per heavy atom. The molecule has 0 radical (unpaired) electrons. The molecule has 18 heavy (non-hydrogen) atoms. The van der Waals surface area contributed by atoms with Gasteiger partial charge in [-0.3, -0.25) is 4.79 Å². The molecule has 1 aliphatic heterocycles. The van der Waals surface area contributed by atoms with E-state index < -0.39 is 12.2 Å². The number of methoxy groups -OCH3 is 1. The molecule has 0 aliphatic carbocycles. The Labute approximate surface area is 109 Å². The van der Waals surface area contributed by atoms with Gasteiger partial charge in [0, 0.05) is 20.0 Å². The molecule has 1 saturated heterocycles. The molecular weight excluding hydrogens is 256 g/mol. The second-order valence-corrected chi connectivity index (χ2v) is 5.28.